The molecule has 17 heavy (non-hydrogen) atoms. The van der Waals surface area contributed by atoms with Crippen molar-refractivity contribution in [3.05, 3.63) is 35.1 Å². The molecule has 0 amide bonds. The zero-order valence-corrected chi connectivity index (χ0v) is 10.1. The van der Waals surface area contributed by atoms with Crippen molar-refractivity contribution in [3.8, 4) is 0 Å². The number of hydrogen-bond acceptors (Lipinski definition) is 2. The third-order valence-electron chi connectivity index (χ3n) is 3.39. The summed E-state index contributed by atoms with van der Waals surface area (Å²) in [5.74, 6) is 0.357. The highest BCUT2D eigenvalue weighted by Crippen LogP contribution is 2.33. The van der Waals surface area contributed by atoms with Crippen LogP contribution >= 0.6 is 0 Å². The van der Waals surface area contributed by atoms with Crippen molar-refractivity contribution in [1.82, 2.24) is 0 Å². The molecule has 0 aliphatic heterocycles. The molecule has 1 aromatic rings. The highest BCUT2D eigenvalue weighted by molar-refractivity contribution is 5.81. The van der Waals surface area contributed by atoms with Gasteiger partial charge in [0, 0.05) is 18.9 Å². The maximum atomic E-state index is 13.1. The van der Waals surface area contributed by atoms with Gasteiger partial charge in [-0.1, -0.05) is 6.07 Å². The lowest BCUT2D eigenvalue weighted by molar-refractivity contribution is -0.118. The van der Waals surface area contributed by atoms with Crippen LogP contribution in [-0.4, -0.2) is 11.8 Å². The average molecular weight is 235 g/mol. The number of ketones is 1. The second-order valence-electron chi connectivity index (χ2n) is 4.99. The Balaban J connectivity index is 1.94. The Labute approximate surface area is 101 Å². The molecule has 1 atom stereocenters. The Kier molecular flexibility index (Phi) is 3.57. The first-order valence-electron chi connectivity index (χ1n) is 6.08. The second kappa shape index (κ2) is 4.96. The van der Waals surface area contributed by atoms with Crippen LogP contribution in [0.25, 0.3) is 0 Å². The van der Waals surface area contributed by atoms with Gasteiger partial charge >= 0.3 is 0 Å². The predicted octanol–water partition coefficient (Wildman–Crippen LogP) is 2.37. The van der Waals surface area contributed by atoms with Crippen molar-refractivity contribution in [2.24, 2.45) is 11.7 Å². The van der Waals surface area contributed by atoms with Crippen molar-refractivity contribution >= 4 is 5.78 Å². The van der Waals surface area contributed by atoms with Crippen molar-refractivity contribution in [2.75, 3.05) is 0 Å². The van der Waals surface area contributed by atoms with E-state index in [0.29, 0.717) is 18.8 Å². The molecule has 1 saturated carbocycles. The Hall–Kier alpha value is -1.22. The summed E-state index contributed by atoms with van der Waals surface area (Å²) in [6.07, 6.45) is 3.01. The molecule has 0 heterocycles. The number of carbonyl (C=O) groups excluding carboxylic acids is 1. The van der Waals surface area contributed by atoms with Crippen molar-refractivity contribution < 1.29 is 9.18 Å². The minimum atomic E-state index is -0.287. The summed E-state index contributed by atoms with van der Waals surface area (Å²) < 4.78 is 13.1. The normalized spacial score (nSPS) is 16.9. The van der Waals surface area contributed by atoms with Crippen molar-refractivity contribution in [1.29, 1.82) is 0 Å². The molecule has 1 aromatic carbocycles. The number of rotatable bonds is 5. The topological polar surface area (TPSA) is 43.1 Å². The minimum Gasteiger partial charge on any atom is -0.327 e. The van der Waals surface area contributed by atoms with Gasteiger partial charge in [-0.05, 0) is 48.9 Å². The highest BCUT2D eigenvalue weighted by Gasteiger charge is 2.29. The molecule has 0 spiro atoms. The van der Waals surface area contributed by atoms with E-state index < -0.39 is 0 Å². The molecule has 2 N–H and O–H groups in total. The van der Waals surface area contributed by atoms with E-state index in [2.05, 4.69) is 0 Å². The SMILES string of the molecule is Cc1ccc(F)cc1CC(=O)CC(N)C1CC1. The molecule has 3 heteroatoms. The van der Waals surface area contributed by atoms with Gasteiger partial charge in [0.25, 0.3) is 0 Å². The Bertz CT molecular complexity index is 426. The summed E-state index contributed by atoms with van der Waals surface area (Å²) in [5, 5.41) is 0. The largest absolute Gasteiger partial charge is 0.327 e. The summed E-state index contributed by atoms with van der Waals surface area (Å²) in [5.41, 5.74) is 7.64. The van der Waals surface area contributed by atoms with E-state index in [1.54, 1.807) is 6.07 Å². The fourth-order valence-electron chi connectivity index (χ4n) is 2.07. The smallest absolute Gasteiger partial charge is 0.138 e. The van der Waals surface area contributed by atoms with Gasteiger partial charge in [-0.3, -0.25) is 4.79 Å². The molecule has 2 rings (SSSR count). The Morgan fingerprint density at radius 3 is 2.88 bits per heavy atom. The van der Waals surface area contributed by atoms with Crippen LogP contribution in [0.2, 0.25) is 0 Å². The summed E-state index contributed by atoms with van der Waals surface area (Å²) in [6.45, 7) is 1.89. The van der Waals surface area contributed by atoms with Gasteiger partial charge < -0.3 is 5.73 Å². The van der Waals surface area contributed by atoms with Gasteiger partial charge in [0.1, 0.15) is 11.6 Å². The monoisotopic (exact) mass is 235 g/mol. The Morgan fingerprint density at radius 2 is 2.24 bits per heavy atom. The Morgan fingerprint density at radius 1 is 1.53 bits per heavy atom. The van der Waals surface area contributed by atoms with Gasteiger partial charge in [0.2, 0.25) is 0 Å². The van der Waals surface area contributed by atoms with Crippen LogP contribution in [-0.2, 0) is 11.2 Å². The summed E-state index contributed by atoms with van der Waals surface area (Å²) in [6, 6.07) is 4.56. The zero-order chi connectivity index (χ0) is 12.4. The quantitative estimate of drug-likeness (QED) is 0.851. The first-order chi connectivity index (χ1) is 8.06. The number of aryl methyl sites for hydroxylation is 1. The molecular formula is C14H18FNO. The van der Waals surface area contributed by atoms with E-state index in [0.717, 1.165) is 24.0 Å². The maximum absolute atomic E-state index is 13.1. The van der Waals surface area contributed by atoms with Crippen LogP contribution in [0.5, 0.6) is 0 Å². The lowest BCUT2D eigenvalue weighted by atomic mass is 9.98. The fourth-order valence-corrected chi connectivity index (χ4v) is 2.07. The molecule has 1 unspecified atom stereocenters. The van der Waals surface area contributed by atoms with Gasteiger partial charge in [-0.15, -0.1) is 0 Å². The molecule has 0 radical (unpaired) electrons. The molecule has 1 aliphatic rings. The van der Waals surface area contributed by atoms with Crippen molar-refractivity contribution in [3.63, 3.8) is 0 Å². The summed E-state index contributed by atoms with van der Waals surface area (Å²) in [7, 11) is 0. The number of nitrogens with two attached hydrogens (primary N) is 1. The van der Waals surface area contributed by atoms with Crippen LogP contribution in [0.4, 0.5) is 4.39 Å². The molecule has 2 nitrogen and oxygen atoms in total. The van der Waals surface area contributed by atoms with Crippen LogP contribution < -0.4 is 5.73 Å². The van der Waals surface area contributed by atoms with E-state index in [1.165, 1.54) is 12.1 Å². The summed E-state index contributed by atoms with van der Waals surface area (Å²) in [4.78, 5) is 11.8. The molecule has 0 bridgehead atoms. The first kappa shape index (κ1) is 12.2. The van der Waals surface area contributed by atoms with E-state index in [-0.39, 0.29) is 17.6 Å². The number of halogens is 1. The molecular weight excluding hydrogens is 217 g/mol. The van der Waals surface area contributed by atoms with Gasteiger partial charge in [0.15, 0.2) is 0 Å². The van der Waals surface area contributed by atoms with Crippen LogP contribution in [0.3, 0.4) is 0 Å². The number of Topliss-reactive ketones (excluding diaryl/α,β-unsaturated/α-hetero) is 1. The second-order valence-corrected chi connectivity index (χ2v) is 4.99. The number of carbonyl (C=O) groups is 1. The van der Waals surface area contributed by atoms with Gasteiger partial charge in [-0.25, -0.2) is 4.39 Å². The van der Waals surface area contributed by atoms with Crippen LogP contribution in [0.15, 0.2) is 18.2 Å². The minimum absolute atomic E-state index is 0.00337. The molecule has 1 aliphatic carbocycles. The van der Waals surface area contributed by atoms with E-state index in [9.17, 15) is 9.18 Å². The van der Waals surface area contributed by atoms with Crippen LogP contribution in [0, 0.1) is 18.7 Å². The molecule has 92 valence electrons. The lowest BCUT2D eigenvalue weighted by Crippen LogP contribution is -2.26. The molecule has 1 fully saturated rings. The van der Waals surface area contributed by atoms with E-state index in [4.69, 9.17) is 5.73 Å². The van der Waals surface area contributed by atoms with Crippen molar-refractivity contribution in [2.45, 2.75) is 38.6 Å². The third kappa shape index (κ3) is 3.37. The van der Waals surface area contributed by atoms with Gasteiger partial charge in [0.05, 0.1) is 0 Å². The molecule has 0 saturated heterocycles. The standard InChI is InChI=1S/C14H18FNO/c1-9-2-5-12(15)6-11(9)7-13(17)8-14(16)10-3-4-10/h2,5-6,10,14H,3-4,7-8,16H2,1H3. The zero-order valence-electron chi connectivity index (χ0n) is 10.1. The number of hydrogen-bond donors (Lipinski definition) is 1. The lowest BCUT2D eigenvalue weighted by Gasteiger charge is -2.10. The maximum Gasteiger partial charge on any atom is 0.138 e. The first-order valence-corrected chi connectivity index (χ1v) is 6.08. The fraction of sp³-hybridized carbons (Fsp3) is 0.500. The predicted molar refractivity (Wildman–Crippen MR) is 65.2 cm³/mol. The number of benzene rings is 1. The van der Waals surface area contributed by atoms with E-state index >= 15 is 0 Å². The summed E-state index contributed by atoms with van der Waals surface area (Å²) >= 11 is 0. The third-order valence-corrected chi connectivity index (χ3v) is 3.39. The van der Waals surface area contributed by atoms with Crippen LogP contribution in [0.1, 0.15) is 30.4 Å². The van der Waals surface area contributed by atoms with Gasteiger partial charge in [-0.2, -0.15) is 0 Å². The average Bonchev–Trinajstić information content (AvgIpc) is 3.06. The highest BCUT2D eigenvalue weighted by atomic mass is 19.1. The molecule has 0 aromatic heterocycles. The van der Waals surface area contributed by atoms with E-state index in [1.807, 2.05) is 6.92 Å².